The van der Waals surface area contributed by atoms with Crippen LogP contribution >= 0.6 is 0 Å². The van der Waals surface area contributed by atoms with Crippen molar-refractivity contribution in [2.75, 3.05) is 7.11 Å². The first-order valence-corrected chi connectivity index (χ1v) is 6.71. The van der Waals surface area contributed by atoms with Crippen molar-refractivity contribution in [2.24, 2.45) is 16.7 Å². The second-order valence-corrected chi connectivity index (χ2v) is 6.50. The van der Waals surface area contributed by atoms with Crippen LogP contribution in [0.15, 0.2) is 11.6 Å². The Bertz CT molecular complexity index is 354. The fourth-order valence-corrected chi connectivity index (χ4v) is 4.21. The molecule has 0 radical (unpaired) electrons. The second-order valence-electron chi connectivity index (χ2n) is 6.50. The molecule has 2 rings (SSSR count). The molecule has 2 aliphatic carbocycles. The summed E-state index contributed by atoms with van der Waals surface area (Å²) in [6.45, 7) is 6.98. The zero-order valence-corrected chi connectivity index (χ0v) is 11.5. The van der Waals surface area contributed by atoms with Crippen molar-refractivity contribution in [3.8, 4) is 0 Å². The number of fused-ring (bicyclic) bond motifs is 1. The summed E-state index contributed by atoms with van der Waals surface area (Å²) in [7, 11) is 1.49. The average molecular weight is 236 g/mol. The monoisotopic (exact) mass is 236 g/mol. The van der Waals surface area contributed by atoms with Gasteiger partial charge in [-0.15, -0.1) is 0 Å². The minimum Gasteiger partial charge on any atom is -0.466 e. The Labute approximate surface area is 104 Å². The topological polar surface area (TPSA) is 26.3 Å². The minimum atomic E-state index is -0.116. The smallest absolute Gasteiger partial charge is 0.333 e. The van der Waals surface area contributed by atoms with E-state index >= 15 is 0 Å². The van der Waals surface area contributed by atoms with Gasteiger partial charge in [-0.05, 0) is 37.0 Å². The van der Waals surface area contributed by atoms with Crippen LogP contribution in [0.2, 0.25) is 0 Å². The van der Waals surface area contributed by atoms with E-state index in [-0.39, 0.29) is 11.4 Å². The molecule has 2 aliphatic rings. The van der Waals surface area contributed by atoms with Gasteiger partial charge in [-0.1, -0.05) is 33.3 Å². The Balaban J connectivity index is 2.38. The number of esters is 1. The van der Waals surface area contributed by atoms with E-state index in [4.69, 9.17) is 4.74 Å². The summed E-state index contributed by atoms with van der Waals surface area (Å²) in [6, 6.07) is 0. The zero-order chi connectivity index (χ0) is 12.7. The largest absolute Gasteiger partial charge is 0.466 e. The lowest BCUT2D eigenvalue weighted by Crippen LogP contribution is -2.46. The Morgan fingerprint density at radius 3 is 2.71 bits per heavy atom. The van der Waals surface area contributed by atoms with Crippen LogP contribution in [0.3, 0.4) is 0 Å². The van der Waals surface area contributed by atoms with Gasteiger partial charge in [0.1, 0.15) is 0 Å². The fourth-order valence-electron chi connectivity index (χ4n) is 4.21. The molecule has 1 fully saturated rings. The molecule has 0 aromatic rings. The first-order chi connectivity index (χ1) is 7.92. The summed E-state index contributed by atoms with van der Waals surface area (Å²) < 4.78 is 4.96. The second kappa shape index (κ2) is 4.15. The molecule has 2 heteroatoms. The quantitative estimate of drug-likeness (QED) is 0.649. The van der Waals surface area contributed by atoms with E-state index < -0.39 is 0 Å². The third-order valence-corrected chi connectivity index (χ3v) is 5.05. The third-order valence-electron chi connectivity index (χ3n) is 5.05. The van der Waals surface area contributed by atoms with Gasteiger partial charge in [0.05, 0.1) is 7.11 Å². The van der Waals surface area contributed by atoms with Gasteiger partial charge in [0.2, 0.25) is 0 Å². The van der Waals surface area contributed by atoms with Crippen LogP contribution in [-0.4, -0.2) is 13.1 Å². The molecule has 2 nitrogen and oxygen atoms in total. The lowest BCUT2D eigenvalue weighted by molar-refractivity contribution is -0.139. The Morgan fingerprint density at radius 1 is 1.35 bits per heavy atom. The predicted molar refractivity (Wildman–Crippen MR) is 68.6 cm³/mol. The van der Waals surface area contributed by atoms with Gasteiger partial charge in [0, 0.05) is 11.0 Å². The summed E-state index contributed by atoms with van der Waals surface area (Å²) in [5.41, 5.74) is 1.32. The number of hydrogen-bond donors (Lipinski definition) is 0. The Kier molecular flexibility index (Phi) is 3.09. The molecule has 17 heavy (non-hydrogen) atoms. The van der Waals surface area contributed by atoms with Gasteiger partial charge < -0.3 is 4.74 Å². The third kappa shape index (κ3) is 1.92. The van der Waals surface area contributed by atoms with Crippen molar-refractivity contribution < 1.29 is 9.53 Å². The molecule has 0 saturated heterocycles. The van der Waals surface area contributed by atoms with Gasteiger partial charge >= 0.3 is 5.97 Å². The van der Waals surface area contributed by atoms with Crippen molar-refractivity contribution >= 4 is 5.97 Å². The molecule has 96 valence electrons. The summed E-state index contributed by atoms with van der Waals surface area (Å²) in [5, 5.41) is 0. The maximum Gasteiger partial charge on any atom is 0.333 e. The molecule has 1 saturated carbocycles. The standard InChI is InChI=1S/C15H24O2/c1-14(2)9-6-10-15(3)11(13(16)17-4)7-5-8-12(14)15/h7,12H,5-6,8-10H2,1-4H3/t12-,15+/m0/s1. The van der Waals surface area contributed by atoms with Crippen molar-refractivity contribution in [1.82, 2.24) is 0 Å². The number of carbonyl (C=O) groups is 1. The van der Waals surface area contributed by atoms with Crippen LogP contribution in [-0.2, 0) is 9.53 Å². The van der Waals surface area contributed by atoms with Crippen LogP contribution < -0.4 is 0 Å². The van der Waals surface area contributed by atoms with Crippen molar-refractivity contribution in [2.45, 2.75) is 52.9 Å². The van der Waals surface area contributed by atoms with E-state index in [9.17, 15) is 4.79 Å². The van der Waals surface area contributed by atoms with E-state index in [1.807, 2.05) is 0 Å². The highest BCUT2D eigenvalue weighted by molar-refractivity contribution is 5.90. The van der Waals surface area contributed by atoms with Gasteiger partial charge in [0.15, 0.2) is 0 Å². The number of hydrogen-bond acceptors (Lipinski definition) is 2. The number of rotatable bonds is 1. The highest BCUT2D eigenvalue weighted by Crippen LogP contribution is 2.58. The van der Waals surface area contributed by atoms with Gasteiger partial charge in [-0.2, -0.15) is 0 Å². The Hall–Kier alpha value is -0.790. The molecule has 0 unspecified atom stereocenters. The summed E-state index contributed by atoms with van der Waals surface area (Å²) in [6.07, 6.45) is 7.97. The lowest BCUT2D eigenvalue weighted by atomic mass is 9.51. The molecule has 0 aromatic carbocycles. The van der Waals surface area contributed by atoms with E-state index in [0.29, 0.717) is 11.3 Å². The SMILES string of the molecule is COC(=O)C1=CCC[C@H]2C(C)(C)CCC[C@]12C. The number of carbonyl (C=O) groups excluding carboxylic acids is 1. The summed E-state index contributed by atoms with van der Waals surface area (Å²) in [4.78, 5) is 11.9. The first-order valence-electron chi connectivity index (χ1n) is 6.71. The van der Waals surface area contributed by atoms with Crippen LogP contribution in [0, 0.1) is 16.7 Å². The number of allylic oxidation sites excluding steroid dienone is 1. The number of methoxy groups -OCH3 is 1. The van der Waals surface area contributed by atoms with E-state index in [1.54, 1.807) is 0 Å². The van der Waals surface area contributed by atoms with E-state index in [1.165, 1.54) is 26.4 Å². The summed E-state index contributed by atoms with van der Waals surface area (Å²) in [5.74, 6) is 0.498. The van der Waals surface area contributed by atoms with Gasteiger partial charge in [0.25, 0.3) is 0 Å². The van der Waals surface area contributed by atoms with E-state index in [0.717, 1.165) is 18.4 Å². The lowest BCUT2D eigenvalue weighted by Gasteiger charge is -2.53. The maximum absolute atomic E-state index is 11.9. The molecule has 0 aliphatic heterocycles. The van der Waals surface area contributed by atoms with Gasteiger partial charge in [-0.25, -0.2) is 4.79 Å². The molecule has 0 amide bonds. The average Bonchev–Trinajstić information content (AvgIpc) is 2.26. The number of ether oxygens (including phenoxy) is 1. The Morgan fingerprint density at radius 2 is 2.06 bits per heavy atom. The van der Waals surface area contributed by atoms with Crippen molar-refractivity contribution in [3.63, 3.8) is 0 Å². The van der Waals surface area contributed by atoms with Crippen LogP contribution in [0.5, 0.6) is 0 Å². The van der Waals surface area contributed by atoms with Crippen molar-refractivity contribution in [3.05, 3.63) is 11.6 Å². The maximum atomic E-state index is 11.9. The normalized spacial score (nSPS) is 35.8. The summed E-state index contributed by atoms with van der Waals surface area (Å²) >= 11 is 0. The highest BCUT2D eigenvalue weighted by Gasteiger charge is 2.51. The molecule has 2 atom stereocenters. The first kappa shape index (κ1) is 12.7. The minimum absolute atomic E-state index is 0.0348. The molecule has 0 aromatic heterocycles. The van der Waals surface area contributed by atoms with E-state index in [2.05, 4.69) is 26.8 Å². The molecule has 0 bridgehead atoms. The molecule has 0 N–H and O–H groups in total. The molecular formula is C15H24O2. The molecular weight excluding hydrogens is 212 g/mol. The fraction of sp³-hybridized carbons (Fsp3) is 0.800. The highest BCUT2D eigenvalue weighted by atomic mass is 16.5. The van der Waals surface area contributed by atoms with Crippen LogP contribution in [0.1, 0.15) is 52.9 Å². The van der Waals surface area contributed by atoms with Gasteiger partial charge in [-0.3, -0.25) is 0 Å². The molecule has 0 heterocycles. The predicted octanol–water partition coefficient (Wildman–Crippen LogP) is 3.71. The van der Waals surface area contributed by atoms with Crippen molar-refractivity contribution in [1.29, 1.82) is 0 Å². The molecule has 0 spiro atoms. The van der Waals surface area contributed by atoms with Crippen LogP contribution in [0.25, 0.3) is 0 Å². The van der Waals surface area contributed by atoms with Crippen LogP contribution in [0.4, 0.5) is 0 Å². The zero-order valence-electron chi connectivity index (χ0n) is 11.5.